The summed E-state index contributed by atoms with van der Waals surface area (Å²) >= 11 is 3.48. The molecule has 6 heteroatoms. The largest absolute Gasteiger partial charge is 0.348 e. The van der Waals surface area contributed by atoms with Crippen LogP contribution in [0.5, 0.6) is 0 Å². The summed E-state index contributed by atoms with van der Waals surface area (Å²) in [7, 11) is 0. The van der Waals surface area contributed by atoms with Crippen molar-refractivity contribution in [1.82, 2.24) is 4.57 Å². The van der Waals surface area contributed by atoms with Gasteiger partial charge in [0.05, 0.1) is 10.6 Å². The van der Waals surface area contributed by atoms with Crippen LogP contribution in [-0.2, 0) is 6.54 Å². The van der Waals surface area contributed by atoms with Gasteiger partial charge in [0, 0.05) is 36.1 Å². The first kappa shape index (κ1) is 28.3. The van der Waals surface area contributed by atoms with Crippen molar-refractivity contribution in [3.8, 4) is 0 Å². The van der Waals surface area contributed by atoms with Gasteiger partial charge < -0.3 is 4.90 Å². The first-order valence-corrected chi connectivity index (χ1v) is 16.4. The first-order valence-electron chi connectivity index (χ1n) is 14.7. The summed E-state index contributed by atoms with van der Waals surface area (Å²) < 4.78 is 6.15. The molecule has 1 aromatic heterocycles. The fourth-order valence-corrected chi connectivity index (χ4v) is 8.56. The summed E-state index contributed by atoms with van der Waals surface area (Å²) in [6.07, 6.45) is 10.6. The Hall–Kier alpha value is -3.87. The minimum atomic E-state index is 0.0692. The monoisotopic (exact) mass is 590 g/mol. The second-order valence-electron chi connectivity index (χ2n) is 10.3. The second kappa shape index (κ2) is 12.6. The molecule has 2 atom stereocenters. The lowest BCUT2D eigenvalue weighted by Gasteiger charge is -2.26. The molecular weight excluding hydrogens is 555 g/mol. The summed E-state index contributed by atoms with van der Waals surface area (Å²) in [6, 6.07) is 30.3. The van der Waals surface area contributed by atoms with Gasteiger partial charge in [-0.05, 0) is 61.9 Å². The second-order valence-corrected chi connectivity index (χ2v) is 12.6. The Balaban J connectivity index is 1.44. The van der Waals surface area contributed by atoms with Gasteiger partial charge in [0.25, 0.3) is 5.56 Å². The Morgan fingerprint density at radius 3 is 2.21 bits per heavy atom. The van der Waals surface area contributed by atoms with E-state index in [1.807, 2.05) is 22.4 Å². The summed E-state index contributed by atoms with van der Waals surface area (Å²) in [4.78, 5) is 15.8. The predicted octanol–water partition coefficient (Wildman–Crippen LogP) is 6.59. The van der Waals surface area contributed by atoms with Crippen LogP contribution in [0.2, 0.25) is 0 Å². The number of likely N-dealkylation sites (N-methyl/N-ethyl adjacent to an activating group) is 1. The lowest BCUT2D eigenvalue weighted by atomic mass is 9.97. The molecule has 0 radical (unpaired) electrons. The van der Waals surface area contributed by atoms with Crippen LogP contribution in [-0.4, -0.2) is 27.3 Å². The molecule has 4 aromatic rings. The maximum atomic E-state index is 13.6. The van der Waals surface area contributed by atoms with Gasteiger partial charge >= 0.3 is 0 Å². The van der Waals surface area contributed by atoms with Gasteiger partial charge in [0.2, 0.25) is 5.04 Å². The van der Waals surface area contributed by atoms with Gasteiger partial charge in [-0.2, -0.15) is 0 Å². The van der Waals surface area contributed by atoms with Crippen molar-refractivity contribution in [2.75, 3.05) is 18.0 Å². The average molecular weight is 591 g/mol. The third-order valence-corrected chi connectivity index (χ3v) is 10.4. The molecule has 0 saturated carbocycles. The highest BCUT2D eigenvalue weighted by molar-refractivity contribution is 8.15. The quantitative estimate of drug-likeness (QED) is 0.228. The number of hydrogen-bond donors (Lipinski definition) is 0. The van der Waals surface area contributed by atoms with E-state index in [4.69, 9.17) is 0 Å². The number of thiazole rings is 1. The van der Waals surface area contributed by atoms with Crippen LogP contribution in [0.1, 0.15) is 48.8 Å². The fourth-order valence-electron chi connectivity index (χ4n) is 5.89. The van der Waals surface area contributed by atoms with Crippen LogP contribution >= 0.6 is 23.1 Å². The lowest BCUT2D eigenvalue weighted by Crippen LogP contribution is -2.31. The van der Waals surface area contributed by atoms with Crippen LogP contribution in [0, 0.1) is 0 Å². The van der Waals surface area contributed by atoms with E-state index >= 15 is 0 Å². The van der Waals surface area contributed by atoms with Crippen molar-refractivity contribution in [3.63, 3.8) is 0 Å². The molecule has 0 amide bonds. The number of thioether (sulfide) groups is 1. The standard InChI is InChI=1S/C36H36N3OS2/c1-4-37-24-23-26(29-19-13-14-20-30(29)37)21-22-31-36(40)39(6-3)33(41-31)25-32-38(5-2)34(27-15-9-7-10-16-27)35(42-32)28-17-11-8-12-18-28/h7-25,34-35H,4-6H2,1-3H3/q+1/b26-21+,31-22+/t34-,35-/m1/s1. The first-order chi connectivity index (χ1) is 20.6. The maximum absolute atomic E-state index is 13.6. The van der Waals surface area contributed by atoms with E-state index in [0.29, 0.717) is 6.54 Å². The van der Waals surface area contributed by atoms with E-state index in [0.717, 1.165) is 27.9 Å². The minimum Gasteiger partial charge on any atom is -0.348 e. The number of nitrogens with zero attached hydrogens (tertiary/aromatic N) is 3. The molecule has 0 saturated heterocycles. The molecule has 6 rings (SSSR count). The number of aromatic nitrogens is 1. The van der Waals surface area contributed by atoms with Gasteiger partial charge in [0.15, 0.2) is 6.04 Å². The SMILES string of the molecule is CCN1C=C/C(=C\C=c2\s/c(=C/C3=[N+](CC)[C@H](c4ccccc4)[C@@H](c4ccccc4)S3)n(CC)c2=O)c2ccccc21. The minimum absolute atomic E-state index is 0.0692. The molecule has 42 heavy (non-hydrogen) atoms. The normalized spacial score (nSPS) is 20.2. The average Bonchev–Trinajstić information content (AvgIpc) is 3.56. The molecule has 3 aromatic carbocycles. The van der Waals surface area contributed by atoms with Crippen molar-refractivity contribution in [1.29, 1.82) is 0 Å². The summed E-state index contributed by atoms with van der Waals surface area (Å²) in [5.74, 6) is 0. The topological polar surface area (TPSA) is 28.2 Å². The Labute approximate surface area is 256 Å². The number of benzene rings is 3. The number of hydrogen-bond acceptors (Lipinski definition) is 4. The van der Waals surface area contributed by atoms with E-state index in [-0.39, 0.29) is 16.9 Å². The third-order valence-electron chi connectivity index (χ3n) is 7.98. The summed E-state index contributed by atoms with van der Waals surface area (Å²) in [6.45, 7) is 8.86. The molecule has 0 unspecified atom stereocenters. The number of para-hydroxylation sites is 1. The van der Waals surface area contributed by atoms with Gasteiger partial charge in [-0.15, -0.1) is 11.3 Å². The number of anilines is 1. The summed E-state index contributed by atoms with van der Waals surface area (Å²) in [5, 5.41) is 1.47. The lowest BCUT2D eigenvalue weighted by molar-refractivity contribution is -0.562. The highest BCUT2D eigenvalue weighted by atomic mass is 32.2. The van der Waals surface area contributed by atoms with Gasteiger partial charge in [-0.25, -0.2) is 4.58 Å². The van der Waals surface area contributed by atoms with Crippen LogP contribution < -0.4 is 19.7 Å². The molecular formula is C36H36N3OS2+. The van der Waals surface area contributed by atoms with Crippen molar-refractivity contribution in [3.05, 3.63) is 140 Å². The molecule has 0 N–H and O–H groups in total. The van der Waals surface area contributed by atoms with Gasteiger partial charge in [-0.1, -0.05) is 84.9 Å². The zero-order valence-electron chi connectivity index (χ0n) is 24.3. The van der Waals surface area contributed by atoms with Gasteiger partial charge in [0.1, 0.15) is 16.5 Å². The molecule has 0 aliphatic carbocycles. The molecule has 0 bridgehead atoms. The van der Waals surface area contributed by atoms with Crippen LogP contribution in [0.3, 0.4) is 0 Å². The maximum Gasteiger partial charge on any atom is 0.269 e. The Morgan fingerprint density at radius 1 is 0.833 bits per heavy atom. The molecule has 2 aliphatic rings. The Morgan fingerprint density at radius 2 is 1.52 bits per heavy atom. The number of fused-ring (bicyclic) bond motifs is 1. The molecule has 2 aliphatic heterocycles. The third kappa shape index (κ3) is 5.37. The van der Waals surface area contributed by atoms with E-state index in [9.17, 15) is 4.79 Å². The number of rotatable bonds is 7. The van der Waals surface area contributed by atoms with Crippen molar-refractivity contribution in [2.24, 2.45) is 0 Å². The van der Waals surface area contributed by atoms with Crippen LogP contribution in [0.25, 0.3) is 17.7 Å². The number of allylic oxidation sites excluding steroid dienone is 3. The van der Waals surface area contributed by atoms with E-state index in [1.54, 1.807) is 11.3 Å². The highest BCUT2D eigenvalue weighted by Crippen LogP contribution is 2.48. The zero-order chi connectivity index (χ0) is 29.1. The predicted molar refractivity (Wildman–Crippen MR) is 181 cm³/mol. The Kier molecular flexibility index (Phi) is 8.45. The van der Waals surface area contributed by atoms with Crippen molar-refractivity contribution < 1.29 is 4.58 Å². The molecule has 212 valence electrons. The molecule has 3 heterocycles. The van der Waals surface area contributed by atoms with Crippen molar-refractivity contribution >= 4 is 51.6 Å². The van der Waals surface area contributed by atoms with Gasteiger partial charge in [-0.3, -0.25) is 9.36 Å². The molecule has 0 fully saturated rings. The van der Waals surface area contributed by atoms with E-state index in [2.05, 4.69) is 140 Å². The van der Waals surface area contributed by atoms with Crippen LogP contribution in [0.15, 0.2) is 108 Å². The van der Waals surface area contributed by atoms with E-state index in [1.165, 1.54) is 27.4 Å². The Bertz CT molecular complexity index is 1850. The highest BCUT2D eigenvalue weighted by Gasteiger charge is 2.43. The fraction of sp³-hybridized carbons (Fsp3) is 0.222. The van der Waals surface area contributed by atoms with E-state index < -0.39 is 0 Å². The zero-order valence-corrected chi connectivity index (χ0v) is 25.9. The summed E-state index contributed by atoms with van der Waals surface area (Å²) in [5.41, 5.74) is 6.20. The molecule has 4 nitrogen and oxygen atoms in total. The van der Waals surface area contributed by atoms with Crippen LogP contribution in [0.4, 0.5) is 5.69 Å². The van der Waals surface area contributed by atoms with Crippen molar-refractivity contribution in [2.45, 2.75) is 38.6 Å². The molecule has 0 spiro atoms. The smallest absolute Gasteiger partial charge is 0.269 e.